The highest BCUT2D eigenvalue weighted by Gasteiger charge is 2.36. The van der Waals surface area contributed by atoms with Crippen molar-refractivity contribution in [3.8, 4) is 23.0 Å². The SMILES string of the molecule is CCOC(=O)C1=C(c2ccccc2)N=c2s/c(=C\c3ccc(OC)c(O)c3)c(=O)n2[C@H]1c1ccc2c(c1)OCO2. The molecule has 0 fully saturated rings. The highest BCUT2D eigenvalue weighted by molar-refractivity contribution is 7.07. The van der Waals surface area contributed by atoms with E-state index in [1.165, 1.54) is 29.1 Å². The molecular weight excluding hydrogens is 532 g/mol. The summed E-state index contributed by atoms with van der Waals surface area (Å²) >= 11 is 1.20. The predicted octanol–water partition coefficient (Wildman–Crippen LogP) is 3.38. The third-order valence-electron chi connectivity index (χ3n) is 6.59. The minimum Gasteiger partial charge on any atom is -0.504 e. The van der Waals surface area contributed by atoms with Gasteiger partial charge in [0, 0.05) is 5.56 Å². The molecule has 4 aromatic rings. The van der Waals surface area contributed by atoms with E-state index in [4.69, 9.17) is 23.9 Å². The van der Waals surface area contributed by atoms with Crippen LogP contribution in [0.1, 0.15) is 29.7 Å². The molecule has 3 aromatic carbocycles. The fourth-order valence-electron chi connectivity index (χ4n) is 4.79. The van der Waals surface area contributed by atoms with Gasteiger partial charge in [-0.15, -0.1) is 0 Å². The molecule has 0 saturated carbocycles. The molecular formula is C30H24N2O7S. The maximum Gasteiger partial charge on any atom is 0.338 e. The van der Waals surface area contributed by atoms with Crippen LogP contribution in [-0.2, 0) is 9.53 Å². The molecule has 6 rings (SSSR count). The molecule has 0 bridgehead atoms. The second kappa shape index (κ2) is 10.4. The van der Waals surface area contributed by atoms with Gasteiger partial charge in [-0.1, -0.05) is 53.8 Å². The topological polar surface area (TPSA) is 109 Å². The van der Waals surface area contributed by atoms with Crippen molar-refractivity contribution in [2.45, 2.75) is 13.0 Å². The molecule has 202 valence electrons. The Morgan fingerprint density at radius 2 is 1.93 bits per heavy atom. The molecule has 2 aliphatic heterocycles. The first-order valence-corrected chi connectivity index (χ1v) is 13.3. The van der Waals surface area contributed by atoms with Gasteiger partial charge < -0.3 is 24.1 Å². The monoisotopic (exact) mass is 556 g/mol. The lowest BCUT2D eigenvalue weighted by atomic mass is 9.93. The summed E-state index contributed by atoms with van der Waals surface area (Å²) in [4.78, 5) is 32.8. The van der Waals surface area contributed by atoms with Crippen molar-refractivity contribution in [2.75, 3.05) is 20.5 Å². The molecule has 1 atom stereocenters. The molecule has 10 heteroatoms. The second-order valence-electron chi connectivity index (χ2n) is 8.98. The van der Waals surface area contributed by atoms with E-state index in [9.17, 15) is 14.7 Å². The van der Waals surface area contributed by atoms with Crippen molar-refractivity contribution in [3.05, 3.63) is 109 Å². The standard InChI is InChI=1S/C30H24N2O7S/c1-3-37-29(35)25-26(18-7-5-4-6-8-18)31-30-32(27(25)19-10-12-22-23(15-19)39-16-38-22)28(34)24(40-30)14-17-9-11-21(36-2)20(33)13-17/h4-15,27,33H,3,16H2,1-2H3/b24-14-/t27-/m0/s1. The van der Waals surface area contributed by atoms with Crippen molar-refractivity contribution < 1.29 is 28.8 Å². The van der Waals surface area contributed by atoms with Gasteiger partial charge in [0.1, 0.15) is 0 Å². The van der Waals surface area contributed by atoms with Gasteiger partial charge in [0.25, 0.3) is 5.56 Å². The van der Waals surface area contributed by atoms with Gasteiger partial charge in [-0.25, -0.2) is 9.79 Å². The van der Waals surface area contributed by atoms with Crippen LogP contribution in [0.2, 0.25) is 0 Å². The van der Waals surface area contributed by atoms with E-state index >= 15 is 0 Å². The van der Waals surface area contributed by atoms with Crippen LogP contribution in [0, 0.1) is 0 Å². The predicted molar refractivity (Wildman–Crippen MR) is 148 cm³/mol. The smallest absolute Gasteiger partial charge is 0.338 e. The summed E-state index contributed by atoms with van der Waals surface area (Å²) in [5.41, 5.74) is 2.30. The Balaban J connectivity index is 1.62. The number of methoxy groups -OCH3 is 1. The van der Waals surface area contributed by atoms with Crippen molar-refractivity contribution in [3.63, 3.8) is 0 Å². The van der Waals surface area contributed by atoms with Crippen LogP contribution in [-0.4, -0.2) is 36.2 Å². The fourth-order valence-corrected chi connectivity index (χ4v) is 5.79. The summed E-state index contributed by atoms with van der Waals surface area (Å²) in [5.74, 6) is 0.823. The van der Waals surface area contributed by atoms with Crippen LogP contribution in [0.25, 0.3) is 11.8 Å². The maximum atomic E-state index is 14.0. The highest BCUT2D eigenvalue weighted by atomic mass is 32.1. The number of phenolic OH excluding ortho intramolecular Hbond substituents is 1. The Morgan fingerprint density at radius 1 is 1.12 bits per heavy atom. The molecule has 2 aliphatic rings. The van der Waals surface area contributed by atoms with Crippen LogP contribution in [0.4, 0.5) is 0 Å². The number of fused-ring (bicyclic) bond motifs is 2. The van der Waals surface area contributed by atoms with Gasteiger partial charge in [0.2, 0.25) is 6.79 Å². The van der Waals surface area contributed by atoms with Gasteiger partial charge in [-0.2, -0.15) is 0 Å². The van der Waals surface area contributed by atoms with E-state index < -0.39 is 12.0 Å². The van der Waals surface area contributed by atoms with E-state index in [0.29, 0.717) is 49.0 Å². The lowest BCUT2D eigenvalue weighted by molar-refractivity contribution is -0.138. The number of nitrogens with zero attached hydrogens (tertiary/aromatic N) is 2. The third kappa shape index (κ3) is 4.42. The van der Waals surface area contributed by atoms with Crippen LogP contribution in [0.3, 0.4) is 0 Å². The Hall–Kier alpha value is -4.83. The lowest BCUT2D eigenvalue weighted by Crippen LogP contribution is -2.40. The zero-order valence-corrected chi connectivity index (χ0v) is 22.4. The second-order valence-corrected chi connectivity index (χ2v) is 9.98. The van der Waals surface area contributed by atoms with Gasteiger partial charge >= 0.3 is 5.97 Å². The molecule has 1 N–H and O–H groups in total. The van der Waals surface area contributed by atoms with Crippen molar-refractivity contribution >= 4 is 29.1 Å². The van der Waals surface area contributed by atoms with Crippen LogP contribution in [0.5, 0.6) is 23.0 Å². The molecule has 9 nitrogen and oxygen atoms in total. The Morgan fingerprint density at radius 3 is 2.67 bits per heavy atom. The number of carbonyl (C=O) groups is 1. The Labute approximate surface area is 232 Å². The van der Waals surface area contributed by atoms with E-state index in [1.807, 2.05) is 36.4 Å². The number of thiazole rings is 1. The number of carbonyl (C=O) groups excluding carboxylic acids is 1. The summed E-state index contributed by atoms with van der Waals surface area (Å²) in [7, 11) is 1.47. The number of hydrogen-bond acceptors (Lipinski definition) is 9. The number of ether oxygens (including phenoxy) is 4. The number of rotatable bonds is 6. The van der Waals surface area contributed by atoms with Gasteiger partial charge in [-0.05, 0) is 48.4 Å². The third-order valence-corrected chi connectivity index (χ3v) is 7.57. The molecule has 40 heavy (non-hydrogen) atoms. The summed E-state index contributed by atoms with van der Waals surface area (Å²) in [5, 5.41) is 10.3. The number of esters is 1. The number of hydrogen-bond donors (Lipinski definition) is 1. The minimum atomic E-state index is -0.841. The van der Waals surface area contributed by atoms with Crippen molar-refractivity contribution in [1.29, 1.82) is 0 Å². The number of aromatic hydroxyl groups is 1. The molecule has 0 unspecified atom stereocenters. The maximum absolute atomic E-state index is 14.0. The minimum absolute atomic E-state index is 0.0433. The van der Waals surface area contributed by atoms with E-state index in [1.54, 1.807) is 37.3 Å². The van der Waals surface area contributed by atoms with Crippen LogP contribution >= 0.6 is 11.3 Å². The first-order chi connectivity index (χ1) is 19.5. The molecule has 1 aromatic heterocycles. The summed E-state index contributed by atoms with van der Waals surface area (Å²) < 4.78 is 23.6. The average Bonchev–Trinajstić information content (AvgIpc) is 3.56. The molecule has 3 heterocycles. The zero-order chi connectivity index (χ0) is 27.8. The summed E-state index contributed by atoms with van der Waals surface area (Å²) in [6.07, 6.45) is 1.68. The Kier molecular flexibility index (Phi) is 6.61. The van der Waals surface area contributed by atoms with Gasteiger partial charge in [0.05, 0.1) is 35.6 Å². The number of benzene rings is 3. The summed E-state index contributed by atoms with van der Waals surface area (Å²) in [6, 6.07) is 18.7. The molecule has 0 amide bonds. The zero-order valence-electron chi connectivity index (χ0n) is 21.6. The van der Waals surface area contributed by atoms with E-state index in [2.05, 4.69) is 0 Å². The lowest BCUT2D eigenvalue weighted by Gasteiger charge is -2.26. The molecule has 0 spiro atoms. The molecule has 0 radical (unpaired) electrons. The Bertz CT molecular complexity index is 1840. The van der Waals surface area contributed by atoms with Crippen molar-refractivity contribution in [2.24, 2.45) is 4.99 Å². The van der Waals surface area contributed by atoms with E-state index in [-0.39, 0.29) is 30.3 Å². The number of aromatic nitrogens is 1. The fraction of sp³-hybridized carbons (Fsp3) is 0.167. The van der Waals surface area contributed by atoms with Crippen LogP contribution in [0.15, 0.2) is 82.1 Å². The first-order valence-electron chi connectivity index (χ1n) is 12.5. The molecule has 0 saturated heterocycles. The normalized spacial score (nSPS) is 15.9. The van der Waals surface area contributed by atoms with Gasteiger partial charge in [0.15, 0.2) is 27.8 Å². The molecule has 0 aliphatic carbocycles. The largest absolute Gasteiger partial charge is 0.504 e. The first kappa shape index (κ1) is 25.4. The number of phenols is 1. The summed E-state index contributed by atoms with van der Waals surface area (Å²) in [6.45, 7) is 1.98. The quantitative estimate of drug-likeness (QED) is 0.363. The average molecular weight is 557 g/mol. The van der Waals surface area contributed by atoms with Gasteiger partial charge in [-0.3, -0.25) is 9.36 Å². The highest BCUT2D eigenvalue weighted by Crippen LogP contribution is 2.40. The van der Waals surface area contributed by atoms with E-state index in [0.717, 1.165) is 0 Å². The van der Waals surface area contributed by atoms with Crippen LogP contribution < -0.4 is 29.1 Å². The van der Waals surface area contributed by atoms with Crippen molar-refractivity contribution in [1.82, 2.24) is 4.57 Å².